The summed E-state index contributed by atoms with van der Waals surface area (Å²) in [5.41, 5.74) is 2.33. The Balaban J connectivity index is 1.86. The molecule has 250 valence electrons. The van der Waals surface area contributed by atoms with E-state index in [9.17, 15) is 19.2 Å². The fourth-order valence-electron chi connectivity index (χ4n) is 4.08. The molecule has 14 heteroatoms. The quantitative estimate of drug-likeness (QED) is 0.134. The molecule has 4 aromatic rings. The molecule has 0 fully saturated rings. The van der Waals surface area contributed by atoms with Crippen molar-refractivity contribution < 1.29 is 57.1 Å². The summed E-state index contributed by atoms with van der Waals surface area (Å²) in [6.45, 7) is -1.55. The minimum Gasteiger partial charge on any atom is -0.482 e. The van der Waals surface area contributed by atoms with Crippen molar-refractivity contribution in [3.8, 4) is 56.9 Å². The number of carbonyl (C=O) groups is 4. The largest absolute Gasteiger partial charge is 0.482 e. The van der Waals surface area contributed by atoms with Crippen LogP contribution in [-0.4, -0.2) is 88.7 Å². The van der Waals surface area contributed by atoms with Gasteiger partial charge in [0.15, 0.2) is 32.3 Å². The van der Waals surface area contributed by atoms with Crippen LogP contribution in [0.15, 0.2) is 72.8 Å². The molecule has 0 amide bonds. The molecular weight excluding hydrogens is 628 g/mol. The van der Waals surface area contributed by atoms with Crippen LogP contribution in [0.2, 0.25) is 0 Å². The van der Waals surface area contributed by atoms with Gasteiger partial charge in [-0.2, -0.15) is 0 Å². The molecule has 0 unspecified atom stereocenters. The number of rotatable bonds is 15. The standard InChI is InChI=1S/C34H32N2O12/c1-41-30(37)17-45-22-10-12-24(28(14-22)47-19-32(39)43-3)26-16-27(36-34(35-26)21-8-6-5-7-9-21)25-13-11-23(46-18-31(38)42-2)15-29(25)48-20-33(40)44-4/h5-16H,17-20H2,1-4H3. The van der Waals surface area contributed by atoms with Crippen LogP contribution in [0.3, 0.4) is 0 Å². The molecule has 0 N–H and O–H groups in total. The first-order chi connectivity index (χ1) is 23.2. The second kappa shape index (κ2) is 16.9. The molecule has 14 nitrogen and oxygen atoms in total. The maximum atomic E-state index is 12.0. The average Bonchev–Trinajstić information content (AvgIpc) is 3.13. The Kier molecular flexibility index (Phi) is 12.2. The highest BCUT2D eigenvalue weighted by Gasteiger charge is 2.19. The topological polar surface area (TPSA) is 168 Å². The van der Waals surface area contributed by atoms with E-state index in [0.29, 0.717) is 33.9 Å². The van der Waals surface area contributed by atoms with Gasteiger partial charge in [0, 0.05) is 28.8 Å². The summed E-state index contributed by atoms with van der Waals surface area (Å²) in [6, 6.07) is 20.4. The number of esters is 4. The molecule has 0 spiro atoms. The highest BCUT2D eigenvalue weighted by molar-refractivity contribution is 5.79. The molecule has 0 bridgehead atoms. The number of nitrogens with zero attached hydrogens (tertiary/aromatic N) is 2. The molecule has 0 saturated heterocycles. The zero-order valence-corrected chi connectivity index (χ0v) is 26.6. The molecule has 3 aromatic carbocycles. The molecule has 1 heterocycles. The number of benzene rings is 3. The van der Waals surface area contributed by atoms with Crippen LogP contribution in [0.5, 0.6) is 23.0 Å². The first kappa shape index (κ1) is 34.7. The second-order valence-electron chi connectivity index (χ2n) is 9.60. The summed E-state index contributed by atoms with van der Waals surface area (Å²) in [5, 5.41) is 0. The predicted molar refractivity (Wildman–Crippen MR) is 168 cm³/mol. The summed E-state index contributed by atoms with van der Waals surface area (Å²) >= 11 is 0. The van der Waals surface area contributed by atoms with E-state index in [1.54, 1.807) is 30.3 Å². The molecule has 0 radical (unpaired) electrons. The first-order valence-corrected chi connectivity index (χ1v) is 14.3. The van der Waals surface area contributed by atoms with Gasteiger partial charge >= 0.3 is 23.9 Å². The van der Waals surface area contributed by atoms with Gasteiger partial charge < -0.3 is 37.9 Å². The fraction of sp³-hybridized carbons (Fsp3) is 0.235. The Morgan fingerprint density at radius 3 is 1.29 bits per heavy atom. The summed E-state index contributed by atoms with van der Waals surface area (Å²) in [5.74, 6) is -1.18. The van der Waals surface area contributed by atoms with E-state index in [1.165, 1.54) is 40.6 Å². The third kappa shape index (κ3) is 9.42. The monoisotopic (exact) mass is 660 g/mol. The lowest BCUT2D eigenvalue weighted by Crippen LogP contribution is -2.14. The van der Waals surface area contributed by atoms with Gasteiger partial charge in [0.05, 0.1) is 39.8 Å². The van der Waals surface area contributed by atoms with Crippen LogP contribution < -0.4 is 18.9 Å². The lowest BCUT2D eigenvalue weighted by Gasteiger charge is -2.16. The zero-order chi connectivity index (χ0) is 34.5. The zero-order valence-electron chi connectivity index (χ0n) is 26.6. The fourth-order valence-corrected chi connectivity index (χ4v) is 4.08. The lowest BCUT2D eigenvalue weighted by atomic mass is 10.0. The van der Waals surface area contributed by atoms with E-state index < -0.39 is 37.1 Å². The summed E-state index contributed by atoms with van der Waals surface area (Å²) < 4.78 is 41.5. The van der Waals surface area contributed by atoms with Crippen molar-refractivity contribution in [2.45, 2.75) is 0 Å². The van der Waals surface area contributed by atoms with Crippen LogP contribution in [0.4, 0.5) is 0 Å². The van der Waals surface area contributed by atoms with E-state index in [4.69, 9.17) is 38.4 Å². The minimum absolute atomic E-state index is 0.195. The van der Waals surface area contributed by atoms with Gasteiger partial charge in [-0.3, -0.25) is 0 Å². The van der Waals surface area contributed by atoms with Crippen LogP contribution >= 0.6 is 0 Å². The van der Waals surface area contributed by atoms with Gasteiger partial charge in [0.2, 0.25) is 0 Å². The third-order valence-corrected chi connectivity index (χ3v) is 6.53. The molecule has 0 aliphatic carbocycles. The van der Waals surface area contributed by atoms with Crippen molar-refractivity contribution in [3.63, 3.8) is 0 Å². The number of carbonyl (C=O) groups excluding carboxylic acids is 4. The van der Waals surface area contributed by atoms with Crippen molar-refractivity contribution in [2.24, 2.45) is 0 Å². The van der Waals surface area contributed by atoms with Crippen LogP contribution in [0, 0.1) is 0 Å². The Bertz CT molecular complexity index is 1650. The number of methoxy groups -OCH3 is 4. The second-order valence-corrected chi connectivity index (χ2v) is 9.60. The van der Waals surface area contributed by atoms with Gasteiger partial charge in [0.1, 0.15) is 23.0 Å². The molecule has 1 aromatic heterocycles. The Morgan fingerprint density at radius 2 is 0.896 bits per heavy atom. The van der Waals surface area contributed by atoms with Gasteiger partial charge in [-0.25, -0.2) is 29.1 Å². The van der Waals surface area contributed by atoms with Gasteiger partial charge in [-0.05, 0) is 30.3 Å². The summed E-state index contributed by atoms with van der Waals surface area (Å²) in [7, 11) is 4.95. The van der Waals surface area contributed by atoms with Crippen LogP contribution in [-0.2, 0) is 38.1 Å². The molecule has 4 rings (SSSR count). The third-order valence-electron chi connectivity index (χ3n) is 6.53. The van der Waals surface area contributed by atoms with E-state index in [2.05, 4.69) is 9.47 Å². The highest BCUT2D eigenvalue weighted by Crippen LogP contribution is 2.38. The average molecular weight is 661 g/mol. The number of ether oxygens (including phenoxy) is 8. The van der Waals surface area contributed by atoms with Gasteiger partial charge in [-0.1, -0.05) is 30.3 Å². The highest BCUT2D eigenvalue weighted by atomic mass is 16.6. The van der Waals surface area contributed by atoms with Crippen molar-refractivity contribution in [3.05, 3.63) is 72.8 Å². The number of hydrogen-bond donors (Lipinski definition) is 0. The maximum Gasteiger partial charge on any atom is 0.343 e. The smallest absolute Gasteiger partial charge is 0.343 e. The normalized spacial score (nSPS) is 10.3. The molecule has 0 atom stereocenters. The van der Waals surface area contributed by atoms with E-state index in [0.717, 1.165) is 0 Å². The van der Waals surface area contributed by atoms with Gasteiger partial charge in [-0.15, -0.1) is 0 Å². The molecular formula is C34H32N2O12. The van der Waals surface area contributed by atoms with Crippen molar-refractivity contribution >= 4 is 23.9 Å². The lowest BCUT2D eigenvalue weighted by molar-refractivity contribution is -0.143. The summed E-state index contributed by atoms with van der Waals surface area (Å²) in [4.78, 5) is 56.9. The summed E-state index contributed by atoms with van der Waals surface area (Å²) in [6.07, 6.45) is 0. The van der Waals surface area contributed by atoms with E-state index >= 15 is 0 Å². The van der Waals surface area contributed by atoms with Crippen molar-refractivity contribution in [1.29, 1.82) is 0 Å². The van der Waals surface area contributed by atoms with Gasteiger partial charge in [0.25, 0.3) is 0 Å². The molecule has 0 aliphatic rings. The van der Waals surface area contributed by atoms with Crippen molar-refractivity contribution in [1.82, 2.24) is 9.97 Å². The maximum absolute atomic E-state index is 12.0. The Morgan fingerprint density at radius 1 is 0.500 bits per heavy atom. The molecule has 0 saturated carbocycles. The predicted octanol–water partition coefficient (Wildman–Crippen LogP) is 3.68. The first-order valence-electron chi connectivity index (χ1n) is 14.3. The van der Waals surface area contributed by atoms with Crippen LogP contribution in [0.25, 0.3) is 33.9 Å². The molecule has 48 heavy (non-hydrogen) atoms. The van der Waals surface area contributed by atoms with Crippen molar-refractivity contribution in [2.75, 3.05) is 54.9 Å². The van der Waals surface area contributed by atoms with E-state index in [-0.39, 0.29) is 36.2 Å². The van der Waals surface area contributed by atoms with E-state index in [1.807, 2.05) is 30.3 Å². The SMILES string of the molecule is COC(=O)COc1ccc(-c2cc(-c3ccc(OCC(=O)OC)cc3OCC(=O)OC)nc(-c3ccccc3)n2)c(OCC(=O)OC)c1. The van der Waals surface area contributed by atoms with Crippen LogP contribution in [0.1, 0.15) is 0 Å². The minimum atomic E-state index is -0.628. The molecule has 0 aliphatic heterocycles. The Labute approximate surface area is 275 Å². The number of hydrogen-bond acceptors (Lipinski definition) is 14. The Hall–Kier alpha value is -6.18. The number of aromatic nitrogens is 2.